The molecule has 2 aliphatic rings. The number of nitrogens with one attached hydrogen (secondary N) is 1. The van der Waals surface area contributed by atoms with Crippen LogP contribution >= 0.6 is 0 Å². The first-order valence-corrected chi connectivity index (χ1v) is 10.0. The number of piperidine rings is 1. The van der Waals surface area contributed by atoms with Crippen LogP contribution in [0.3, 0.4) is 0 Å². The Balaban J connectivity index is 1.41. The summed E-state index contributed by atoms with van der Waals surface area (Å²) in [4.78, 5) is 25.5. The van der Waals surface area contributed by atoms with E-state index in [0.717, 1.165) is 47.9 Å². The Morgan fingerprint density at radius 2 is 2.00 bits per heavy atom. The summed E-state index contributed by atoms with van der Waals surface area (Å²) in [6.45, 7) is 6.46. The van der Waals surface area contributed by atoms with Gasteiger partial charge in [0.15, 0.2) is 5.76 Å². The van der Waals surface area contributed by atoms with Crippen molar-refractivity contribution in [2.24, 2.45) is 0 Å². The van der Waals surface area contributed by atoms with Gasteiger partial charge in [0.05, 0.1) is 17.6 Å². The molecule has 1 fully saturated rings. The summed E-state index contributed by atoms with van der Waals surface area (Å²) in [5, 5.41) is 1.02. The summed E-state index contributed by atoms with van der Waals surface area (Å²) < 4.78 is 5.98. The van der Waals surface area contributed by atoms with Crippen LogP contribution < -0.4 is 0 Å². The Morgan fingerprint density at radius 1 is 1.21 bits per heavy atom. The maximum absolute atomic E-state index is 13.2. The van der Waals surface area contributed by atoms with E-state index in [4.69, 9.17) is 4.42 Å². The molecule has 6 heteroatoms. The summed E-state index contributed by atoms with van der Waals surface area (Å²) in [6.07, 6.45) is 4.60. The maximum Gasteiger partial charge on any atom is 0.289 e. The third kappa shape index (κ3) is 2.44. The molecule has 0 bridgehead atoms. The number of aryl methyl sites for hydroxylation is 2. The Bertz CT molecular complexity index is 1060. The number of carbonyl (C=O) groups excluding carboxylic acids is 1. The lowest BCUT2D eigenvalue weighted by molar-refractivity contribution is 0.0212. The van der Waals surface area contributed by atoms with Crippen molar-refractivity contribution in [1.82, 2.24) is 19.8 Å². The van der Waals surface area contributed by atoms with Crippen LogP contribution in [-0.4, -0.2) is 52.4 Å². The maximum atomic E-state index is 13.2. The highest BCUT2D eigenvalue weighted by molar-refractivity contribution is 5.99. The van der Waals surface area contributed by atoms with Crippen molar-refractivity contribution in [3.8, 4) is 0 Å². The summed E-state index contributed by atoms with van der Waals surface area (Å²) in [5.41, 5.74) is 5.22. The van der Waals surface area contributed by atoms with E-state index < -0.39 is 0 Å². The van der Waals surface area contributed by atoms with Gasteiger partial charge < -0.3 is 14.3 Å². The summed E-state index contributed by atoms with van der Waals surface area (Å²) >= 11 is 0. The SMILES string of the molecule is Cc1ccc2c(C)c(C(=O)N3CCC4(CC3)c3nc[nH]c3CCN4C)oc2c1. The Morgan fingerprint density at radius 3 is 2.79 bits per heavy atom. The van der Waals surface area contributed by atoms with Gasteiger partial charge in [0.2, 0.25) is 0 Å². The van der Waals surface area contributed by atoms with Crippen LogP contribution in [0.5, 0.6) is 0 Å². The first-order chi connectivity index (χ1) is 13.5. The fourth-order valence-electron chi connectivity index (χ4n) is 4.97. The molecular weight excluding hydrogens is 352 g/mol. The lowest BCUT2D eigenvalue weighted by atomic mass is 9.79. The minimum atomic E-state index is -0.0651. The van der Waals surface area contributed by atoms with Crippen molar-refractivity contribution in [3.05, 3.63) is 52.8 Å². The lowest BCUT2D eigenvalue weighted by Crippen LogP contribution is -2.55. The molecule has 2 aliphatic heterocycles. The zero-order valence-electron chi connectivity index (χ0n) is 16.7. The van der Waals surface area contributed by atoms with Gasteiger partial charge in [0.1, 0.15) is 5.58 Å². The standard InChI is InChI=1S/C22H26N4O2/c1-14-4-5-16-15(2)19(28-18(16)12-14)21(27)26-10-7-22(8-11-26)20-17(23-13-24-20)6-9-25(22)3/h4-5,12-13H,6-11H2,1-3H3,(H,23,24). The van der Waals surface area contributed by atoms with Gasteiger partial charge in [-0.1, -0.05) is 12.1 Å². The van der Waals surface area contributed by atoms with Gasteiger partial charge in [-0.3, -0.25) is 9.69 Å². The quantitative estimate of drug-likeness (QED) is 0.705. The summed E-state index contributed by atoms with van der Waals surface area (Å²) in [5.74, 6) is 0.482. The van der Waals surface area contributed by atoms with Gasteiger partial charge in [-0.15, -0.1) is 0 Å². The second kappa shape index (κ2) is 6.21. The third-order valence-electron chi connectivity index (χ3n) is 6.75. The van der Waals surface area contributed by atoms with Gasteiger partial charge in [-0.2, -0.15) is 0 Å². The molecule has 146 valence electrons. The number of carbonyl (C=O) groups is 1. The molecule has 3 aromatic rings. The smallest absolute Gasteiger partial charge is 0.289 e. The van der Waals surface area contributed by atoms with Gasteiger partial charge >= 0.3 is 0 Å². The minimum absolute atomic E-state index is 0.00177. The molecule has 1 spiro atoms. The van der Waals surface area contributed by atoms with Crippen molar-refractivity contribution in [2.75, 3.05) is 26.7 Å². The van der Waals surface area contributed by atoms with Gasteiger partial charge in [-0.05, 0) is 45.4 Å². The highest BCUT2D eigenvalue weighted by Gasteiger charge is 2.46. The normalized spacial score (nSPS) is 19.3. The van der Waals surface area contributed by atoms with Crippen molar-refractivity contribution in [1.29, 1.82) is 0 Å². The molecule has 2 aromatic heterocycles. The highest BCUT2D eigenvalue weighted by Crippen LogP contribution is 2.41. The number of hydrogen-bond donors (Lipinski definition) is 1. The second-order valence-electron chi connectivity index (χ2n) is 8.28. The largest absolute Gasteiger partial charge is 0.451 e. The topological polar surface area (TPSA) is 65.4 Å². The van der Waals surface area contributed by atoms with E-state index in [-0.39, 0.29) is 11.4 Å². The number of furan rings is 1. The molecular formula is C22H26N4O2. The number of amides is 1. The number of likely N-dealkylation sites (N-methyl/N-ethyl adjacent to an activating group) is 1. The van der Waals surface area contributed by atoms with Gasteiger partial charge in [0, 0.05) is 42.7 Å². The fourth-order valence-corrected chi connectivity index (χ4v) is 4.97. The Labute approximate surface area is 164 Å². The van der Waals surface area contributed by atoms with Crippen LogP contribution in [0.4, 0.5) is 0 Å². The number of fused-ring (bicyclic) bond motifs is 3. The molecule has 6 nitrogen and oxygen atoms in total. The van der Waals surface area contributed by atoms with Crippen LogP contribution in [0.15, 0.2) is 28.9 Å². The molecule has 4 heterocycles. The number of aromatic amines is 1. The van der Waals surface area contributed by atoms with Crippen molar-refractivity contribution in [3.63, 3.8) is 0 Å². The molecule has 5 rings (SSSR count). The first kappa shape index (κ1) is 17.5. The number of imidazole rings is 1. The van der Waals surface area contributed by atoms with Crippen molar-refractivity contribution in [2.45, 2.75) is 38.6 Å². The molecule has 0 radical (unpaired) electrons. The minimum Gasteiger partial charge on any atom is -0.451 e. The number of H-pyrrole nitrogens is 1. The van der Waals surface area contributed by atoms with Gasteiger partial charge in [-0.25, -0.2) is 4.98 Å². The van der Waals surface area contributed by atoms with Crippen LogP contribution in [-0.2, 0) is 12.0 Å². The zero-order valence-corrected chi connectivity index (χ0v) is 16.7. The third-order valence-corrected chi connectivity index (χ3v) is 6.75. The lowest BCUT2D eigenvalue weighted by Gasteiger charge is -2.49. The van der Waals surface area contributed by atoms with Crippen molar-refractivity contribution < 1.29 is 9.21 Å². The molecule has 0 saturated carbocycles. The van der Waals surface area contributed by atoms with Crippen LogP contribution in [0, 0.1) is 13.8 Å². The molecule has 28 heavy (non-hydrogen) atoms. The van der Waals surface area contributed by atoms with Crippen LogP contribution in [0.25, 0.3) is 11.0 Å². The molecule has 1 saturated heterocycles. The van der Waals surface area contributed by atoms with E-state index in [1.165, 1.54) is 11.4 Å². The summed E-state index contributed by atoms with van der Waals surface area (Å²) in [6, 6.07) is 6.10. The van der Waals surface area contributed by atoms with Crippen LogP contribution in [0.2, 0.25) is 0 Å². The number of nitrogens with zero attached hydrogens (tertiary/aromatic N) is 3. The van der Waals surface area contributed by atoms with E-state index in [9.17, 15) is 4.79 Å². The van der Waals surface area contributed by atoms with E-state index in [0.29, 0.717) is 18.8 Å². The number of hydrogen-bond acceptors (Lipinski definition) is 4. The first-order valence-electron chi connectivity index (χ1n) is 10.0. The molecule has 1 aromatic carbocycles. The monoisotopic (exact) mass is 378 g/mol. The van der Waals surface area contributed by atoms with Crippen LogP contribution in [0.1, 0.15) is 45.9 Å². The number of likely N-dealkylation sites (tertiary alicyclic amines) is 1. The van der Waals surface area contributed by atoms with E-state index in [1.54, 1.807) is 0 Å². The summed E-state index contributed by atoms with van der Waals surface area (Å²) in [7, 11) is 2.18. The predicted octanol–water partition coefficient (Wildman–Crippen LogP) is 3.39. The molecule has 1 amide bonds. The molecule has 0 unspecified atom stereocenters. The van der Waals surface area contributed by atoms with Crippen molar-refractivity contribution >= 4 is 16.9 Å². The van der Waals surface area contributed by atoms with Gasteiger partial charge in [0.25, 0.3) is 5.91 Å². The predicted molar refractivity (Wildman–Crippen MR) is 107 cm³/mol. The number of benzene rings is 1. The number of aromatic nitrogens is 2. The molecule has 0 atom stereocenters. The highest BCUT2D eigenvalue weighted by atomic mass is 16.3. The average Bonchev–Trinajstić information content (AvgIpc) is 3.30. The number of rotatable bonds is 1. The van der Waals surface area contributed by atoms with E-state index >= 15 is 0 Å². The average molecular weight is 378 g/mol. The molecule has 1 N–H and O–H groups in total. The van der Waals surface area contributed by atoms with E-state index in [1.807, 2.05) is 37.2 Å². The molecule has 0 aliphatic carbocycles. The second-order valence-corrected chi connectivity index (χ2v) is 8.28. The Kier molecular flexibility index (Phi) is 3.88. The fraction of sp³-hybridized carbons (Fsp3) is 0.455. The zero-order chi connectivity index (χ0) is 19.5. The van der Waals surface area contributed by atoms with E-state index in [2.05, 4.69) is 28.0 Å². The Hall–Kier alpha value is -2.60.